The number of methoxy groups -OCH3 is 1. The number of nitrogens with zero attached hydrogens (tertiary/aromatic N) is 1. The van der Waals surface area contributed by atoms with Crippen LogP contribution in [-0.4, -0.2) is 24.5 Å². The summed E-state index contributed by atoms with van der Waals surface area (Å²) in [5.41, 5.74) is -0.0347. The smallest absolute Gasteiger partial charge is 0.286 e. The number of carbonyl (C=O) groups excluding carboxylic acids is 1. The van der Waals surface area contributed by atoms with Gasteiger partial charge in [-0.1, -0.05) is 11.6 Å². The molecule has 24 heavy (non-hydrogen) atoms. The van der Waals surface area contributed by atoms with Crippen LogP contribution in [0.25, 0.3) is 0 Å². The first-order valence-electron chi connectivity index (χ1n) is 7.02. The molecule has 0 aliphatic carbocycles. The molecule has 0 atom stereocenters. The van der Waals surface area contributed by atoms with Crippen LogP contribution in [0, 0.1) is 10.1 Å². The lowest BCUT2D eigenvalue weighted by Gasteiger charge is -2.12. The Morgan fingerprint density at radius 3 is 2.46 bits per heavy atom. The van der Waals surface area contributed by atoms with Gasteiger partial charge < -0.3 is 14.8 Å². The average molecular weight is 351 g/mol. The number of nitro groups is 1. The van der Waals surface area contributed by atoms with E-state index in [1.165, 1.54) is 19.2 Å². The quantitative estimate of drug-likeness (QED) is 0.630. The van der Waals surface area contributed by atoms with Crippen LogP contribution in [0.3, 0.4) is 0 Å². The first kappa shape index (κ1) is 17.6. The van der Waals surface area contributed by atoms with Gasteiger partial charge in [0.25, 0.3) is 11.6 Å². The summed E-state index contributed by atoms with van der Waals surface area (Å²) in [5.74, 6) is -0.191. The van der Waals surface area contributed by atoms with E-state index in [0.717, 1.165) is 0 Å². The number of benzene rings is 2. The summed E-state index contributed by atoms with van der Waals surface area (Å²) < 4.78 is 10.5. The van der Waals surface area contributed by atoms with Gasteiger partial charge in [-0.15, -0.1) is 0 Å². The SMILES string of the molecule is CCOc1cc([N+](=O)[O-])c(C(=O)Nc2ccc(Cl)cc2)cc1OC. The van der Waals surface area contributed by atoms with Crippen molar-refractivity contribution in [2.24, 2.45) is 0 Å². The number of nitro benzene ring substituents is 1. The second-order valence-corrected chi connectivity index (χ2v) is 5.11. The molecule has 126 valence electrons. The van der Waals surface area contributed by atoms with Crippen molar-refractivity contribution in [3.05, 3.63) is 57.1 Å². The lowest BCUT2D eigenvalue weighted by atomic mass is 10.1. The molecule has 0 aromatic heterocycles. The molecule has 0 aliphatic heterocycles. The summed E-state index contributed by atoms with van der Waals surface area (Å²) in [6.07, 6.45) is 0. The summed E-state index contributed by atoms with van der Waals surface area (Å²) in [4.78, 5) is 23.1. The fourth-order valence-corrected chi connectivity index (χ4v) is 2.17. The van der Waals surface area contributed by atoms with Gasteiger partial charge in [0.05, 0.1) is 24.7 Å². The summed E-state index contributed by atoms with van der Waals surface area (Å²) in [6, 6.07) is 8.86. The van der Waals surface area contributed by atoms with Gasteiger partial charge in [0.1, 0.15) is 5.56 Å². The third-order valence-electron chi connectivity index (χ3n) is 3.13. The molecule has 2 rings (SSSR count). The fraction of sp³-hybridized carbons (Fsp3) is 0.188. The van der Waals surface area contributed by atoms with Crippen LogP contribution in [-0.2, 0) is 0 Å². The largest absolute Gasteiger partial charge is 0.493 e. The second-order valence-electron chi connectivity index (χ2n) is 4.67. The zero-order valence-corrected chi connectivity index (χ0v) is 13.8. The third kappa shape index (κ3) is 3.94. The normalized spacial score (nSPS) is 10.1. The summed E-state index contributed by atoms with van der Waals surface area (Å²) in [6.45, 7) is 2.05. The number of halogens is 1. The average Bonchev–Trinajstić information content (AvgIpc) is 2.56. The molecule has 7 nitrogen and oxygen atoms in total. The van der Waals surface area contributed by atoms with Crippen LogP contribution in [0.15, 0.2) is 36.4 Å². The molecule has 0 saturated heterocycles. The number of anilines is 1. The molecular weight excluding hydrogens is 336 g/mol. The molecule has 8 heteroatoms. The summed E-state index contributed by atoms with van der Waals surface area (Å²) in [5, 5.41) is 14.4. The number of carbonyl (C=O) groups is 1. The minimum atomic E-state index is -0.640. The zero-order valence-electron chi connectivity index (χ0n) is 13.0. The molecule has 0 unspecified atom stereocenters. The summed E-state index contributed by atoms with van der Waals surface area (Å²) in [7, 11) is 1.39. The van der Waals surface area contributed by atoms with Gasteiger partial charge >= 0.3 is 0 Å². The zero-order chi connectivity index (χ0) is 17.7. The predicted octanol–water partition coefficient (Wildman–Crippen LogP) is 3.91. The molecule has 2 aromatic rings. The third-order valence-corrected chi connectivity index (χ3v) is 3.38. The Labute approximate surface area is 143 Å². The van der Waals surface area contributed by atoms with Gasteiger partial charge in [-0.25, -0.2) is 0 Å². The highest BCUT2D eigenvalue weighted by molar-refractivity contribution is 6.30. The van der Waals surface area contributed by atoms with E-state index in [2.05, 4.69) is 5.32 Å². The lowest BCUT2D eigenvalue weighted by Crippen LogP contribution is -2.14. The van der Waals surface area contributed by atoms with E-state index >= 15 is 0 Å². The Morgan fingerprint density at radius 1 is 1.25 bits per heavy atom. The molecule has 1 amide bonds. The van der Waals surface area contributed by atoms with E-state index in [1.807, 2.05) is 0 Å². The van der Waals surface area contributed by atoms with E-state index in [-0.39, 0.29) is 22.7 Å². The van der Waals surface area contributed by atoms with Crippen LogP contribution >= 0.6 is 11.6 Å². The lowest BCUT2D eigenvalue weighted by molar-refractivity contribution is -0.385. The Kier molecular flexibility index (Phi) is 5.59. The van der Waals surface area contributed by atoms with E-state index in [4.69, 9.17) is 21.1 Å². The molecule has 0 radical (unpaired) electrons. The van der Waals surface area contributed by atoms with Crippen molar-refractivity contribution in [3.63, 3.8) is 0 Å². The van der Waals surface area contributed by atoms with Crippen LogP contribution < -0.4 is 14.8 Å². The van der Waals surface area contributed by atoms with Crippen molar-refractivity contribution in [3.8, 4) is 11.5 Å². The first-order chi connectivity index (χ1) is 11.5. The van der Waals surface area contributed by atoms with Gasteiger partial charge in [0, 0.05) is 16.8 Å². The number of hydrogen-bond donors (Lipinski definition) is 1. The molecule has 0 fully saturated rings. The molecule has 0 saturated carbocycles. The van der Waals surface area contributed by atoms with E-state index < -0.39 is 10.8 Å². The van der Waals surface area contributed by atoms with Crippen molar-refractivity contribution in [1.29, 1.82) is 0 Å². The van der Waals surface area contributed by atoms with Crippen LogP contribution in [0.2, 0.25) is 5.02 Å². The Morgan fingerprint density at radius 2 is 1.92 bits per heavy atom. The topological polar surface area (TPSA) is 90.7 Å². The Bertz CT molecular complexity index is 762. The van der Waals surface area contributed by atoms with Gasteiger partial charge in [-0.3, -0.25) is 14.9 Å². The maximum atomic E-state index is 12.4. The number of hydrogen-bond acceptors (Lipinski definition) is 5. The number of amides is 1. The van der Waals surface area contributed by atoms with E-state index in [1.54, 1.807) is 31.2 Å². The highest BCUT2D eigenvalue weighted by Crippen LogP contribution is 2.35. The van der Waals surface area contributed by atoms with Crippen molar-refractivity contribution in [2.75, 3.05) is 19.0 Å². The molecule has 1 N–H and O–H groups in total. The number of ether oxygens (including phenoxy) is 2. The van der Waals surface area contributed by atoms with Crippen molar-refractivity contribution in [1.82, 2.24) is 0 Å². The van der Waals surface area contributed by atoms with Gasteiger partial charge in [-0.05, 0) is 31.2 Å². The molecule has 0 heterocycles. The van der Waals surface area contributed by atoms with E-state index in [9.17, 15) is 14.9 Å². The van der Waals surface area contributed by atoms with Crippen LogP contribution in [0.5, 0.6) is 11.5 Å². The molecular formula is C16H15ClN2O5. The van der Waals surface area contributed by atoms with Gasteiger partial charge in [0.2, 0.25) is 0 Å². The van der Waals surface area contributed by atoms with Crippen LogP contribution in [0.4, 0.5) is 11.4 Å². The highest BCUT2D eigenvalue weighted by atomic mass is 35.5. The molecule has 0 aliphatic rings. The van der Waals surface area contributed by atoms with Crippen molar-refractivity contribution >= 4 is 28.9 Å². The standard InChI is InChI=1S/C16H15ClN2O5/c1-3-24-15-9-13(19(21)22)12(8-14(15)23-2)16(20)18-11-6-4-10(17)5-7-11/h4-9H,3H2,1-2H3,(H,18,20). The summed E-state index contributed by atoms with van der Waals surface area (Å²) >= 11 is 5.79. The van der Waals surface area contributed by atoms with E-state index in [0.29, 0.717) is 17.3 Å². The molecule has 0 spiro atoms. The van der Waals surface area contributed by atoms with Crippen molar-refractivity contribution < 1.29 is 19.2 Å². The minimum absolute atomic E-state index is 0.129. The highest BCUT2D eigenvalue weighted by Gasteiger charge is 2.24. The van der Waals surface area contributed by atoms with Gasteiger partial charge in [-0.2, -0.15) is 0 Å². The maximum Gasteiger partial charge on any atom is 0.286 e. The maximum absolute atomic E-state index is 12.4. The Balaban J connectivity index is 2.41. The first-order valence-corrected chi connectivity index (χ1v) is 7.40. The fourth-order valence-electron chi connectivity index (χ4n) is 2.04. The monoisotopic (exact) mass is 350 g/mol. The molecule has 2 aromatic carbocycles. The minimum Gasteiger partial charge on any atom is -0.493 e. The van der Waals surface area contributed by atoms with Crippen LogP contribution in [0.1, 0.15) is 17.3 Å². The number of rotatable bonds is 6. The second kappa shape index (κ2) is 7.65. The Hall–Kier alpha value is -2.80. The van der Waals surface area contributed by atoms with Gasteiger partial charge in [0.15, 0.2) is 11.5 Å². The predicted molar refractivity (Wildman–Crippen MR) is 90.2 cm³/mol. The number of nitrogens with one attached hydrogen (secondary N) is 1. The molecule has 0 bridgehead atoms. The van der Waals surface area contributed by atoms with Crippen molar-refractivity contribution in [2.45, 2.75) is 6.92 Å².